The summed E-state index contributed by atoms with van der Waals surface area (Å²) in [7, 11) is 0. The summed E-state index contributed by atoms with van der Waals surface area (Å²) in [5, 5.41) is 3.36. The lowest BCUT2D eigenvalue weighted by molar-refractivity contribution is 0.183. The molecule has 0 amide bonds. The second kappa shape index (κ2) is 5.19. The quantitative estimate of drug-likeness (QED) is 0.864. The number of hydrogen-bond donors (Lipinski definition) is 2. The molecule has 2 aromatic rings. The molecule has 0 spiro atoms. The summed E-state index contributed by atoms with van der Waals surface area (Å²) in [6, 6.07) is 6.45. The van der Waals surface area contributed by atoms with Gasteiger partial charge < -0.3 is 9.73 Å². The summed E-state index contributed by atoms with van der Waals surface area (Å²) < 4.78 is 5.10. The smallest absolute Gasteiger partial charge is 0.408 e. The van der Waals surface area contributed by atoms with E-state index in [0.717, 1.165) is 38.1 Å². The van der Waals surface area contributed by atoms with Gasteiger partial charge in [-0.3, -0.25) is 9.88 Å². The second-order valence-corrected chi connectivity index (χ2v) is 5.18. The van der Waals surface area contributed by atoms with Crippen LogP contribution in [0.25, 0.3) is 11.1 Å². The Morgan fingerprint density at radius 2 is 2.16 bits per heavy atom. The van der Waals surface area contributed by atoms with Crippen molar-refractivity contribution < 1.29 is 4.42 Å². The summed E-state index contributed by atoms with van der Waals surface area (Å²) in [5.41, 5.74) is 2.62. The molecule has 1 aliphatic rings. The summed E-state index contributed by atoms with van der Waals surface area (Å²) >= 11 is 0. The summed E-state index contributed by atoms with van der Waals surface area (Å²) in [6.07, 6.45) is 0.977. The van der Waals surface area contributed by atoms with Gasteiger partial charge in [0.2, 0.25) is 0 Å². The fourth-order valence-electron chi connectivity index (χ4n) is 2.71. The average molecular weight is 261 g/mol. The van der Waals surface area contributed by atoms with E-state index in [-0.39, 0.29) is 5.76 Å². The van der Waals surface area contributed by atoms with E-state index in [1.165, 1.54) is 5.56 Å². The highest BCUT2D eigenvalue weighted by atomic mass is 16.4. The van der Waals surface area contributed by atoms with Crippen LogP contribution in [0.15, 0.2) is 27.4 Å². The van der Waals surface area contributed by atoms with E-state index in [1.54, 1.807) is 0 Å². The standard InChI is InChI=1S/C14H19N3O2/c1-10(17-6-4-15-5-7-17)8-11-2-3-12-13(9-11)19-14(18)16-12/h2-3,9-10,15H,4-8H2,1H3,(H,16,18). The van der Waals surface area contributed by atoms with Crippen molar-refractivity contribution in [3.05, 3.63) is 34.3 Å². The van der Waals surface area contributed by atoms with Crippen LogP contribution in [-0.2, 0) is 6.42 Å². The van der Waals surface area contributed by atoms with Gasteiger partial charge in [-0.15, -0.1) is 0 Å². The lowest BCUT2D eigenvalue weighted by Crippen LogP contribution is -2.48. The molecule has 5 heteroatoms. The van der Waals surface area contributed by atoms with Crippen LogP contribution < -0.4 is 11.1 Å². The Bertz CT molecular complexity index is 610. The van der Waals surface area contributed by atoms with Gasteiger partial charge in [0.1, 0.15) is 0 Å². The maximum Gasteiger partial charge on any atom is 0.417 e. The number of rotatable bonds is 3. The third-order valence-corrected chi connectivity index (χ3v) is 3.79. The highest BCUT2D eigenvalue weighted by Crippen LogP contribution is 2.15. The van der Waals surface area contributed by atoms with E-state index in [2.05, 4.69) is 28.2 Å². The van der Waals surface area contributed by atoms with E-state index >= 15 is 0 Å². The van der Waals surface area contributed by atoms with Crippen LogP contribution in [0.2, 0.25) is 0 Å². The summed E-state index contributed by atoms with van der Waals surface area (Å²) in [5.74, 6) is -0.387. The number of aromatic amines is 1. The molecule has 19 heavy (non-hydrogen) atoms. The zero-order chi connectivity index (χ0) is 13.2. The lowest BCUT2D eigenvalue weighted by Gasteiger charge is -2.32. The van der Waals surface area contributed by atoms with Crippen LogP contribution in [0, 0.1) is 0 Å². The number of fused-ring (bicyclic) bond motifs is 1. The number of hydrogen-bond acceptors (Lipinski definition) is 4. The topological polar surface area (TPSA) is 61.3 Å². The first kappa shape index (κ1) is 12.4. The van der Waals surface area contributed by atoms with Crippen LogP contribution in [0.4, 0.5) is 0 Å². The first-order valence-corrected chi connectivity index (χ1v) is 6.79. The Labute approximate surface area is 111 Å². The van der Waals surface area contributed by atoms with Crippen molar-refractivity contribution in [1.29, 1.82) is 0 Å². The first-order chi connectivity index (χ1) is 9.22. The number of H-pyrrole nitrogens is 1. The number of piperazine rings is 1. The van der Waals surface area contributed by atoms with Gasteiger partial charge in [-0.25, -0.2) is 4.79 Å². The predicted octanol–water partition coefficient (Wildman–Crippen LogP) is 0.957. The highest BCUT2D eigenvalue weighted by molar-refractivity contribution is 5.72. The molecule has 0 radical (unpaired) electrons. The third-order valence-electron chi connectivity index (χ3n) is 3.79. The maximum absolute atomic E-state index is 11.1. The van der Waals surface area contributed by atoms with Crippen LogP contribution in [0.1, 0.15) is 12.5 Å². The zero-order valence-electron chi connectivity index (χ0n) is 11.1. The molecule has 3 rings (SSSR count). The molecule has 1 aromatic heterocycles. The summed E-state index contributed by atoms with van der Waals surface area (Å²) in [6.45, 7) is 6.58. The van der Waals surface area contributed by atoms with E-state index < -0.39 is 0 Å². The molecule has 5 nitrogen and oxygen atoms in total. The van der Waals surface area contributed by atoms with Crippen molar-refractivity contribution >= 4 is 11.1 Å². The zero-order valence-corrected chi connectivity index (χ0v) is 11.1. The molecule has 102 valence electrons. The molecule has 1 aliphatic heterocycles. The predicted molar refractivity (Wildman–Crippen MR) is 74.4 cm³/mol. The number of aromatic nitrogens is 1. The molecule has 0 saturated carbocycles. The minimum absolute atomic E-state index is 0.387. The van der Waals surface area contributed by atoms with Crippen molar-refractivity contribution in [2.75, 3.05) is 26.2 Å². The molecule has 2 N–H and O–H groups in total. The van der Waals surface area contributed by atoms with Gasteiger partial charge in [0.25, 0.3) is 0 Å². The van der Waals surface area contributed by atoms with Crippen molar-refractivity contribution in [3.8, 4) is 0 Å². The molecule has 1 fully saturated rings. The van der Waals surface area contributed by atoms with Crippen LogP contribution >= 0.6 is 0 Å². The molecular weight excluding hydrogens is 242 g/mol. The van der Waals surface area contributed by atoms with Crippen LogP contribution in [0.5, 0.6) is 0 Å². The molecule has 1 unspecified atom stereocenters. The fourth-order valence-corrected chi connectivity index (χ4v) is 2.71. The first-order valence-electron chi connectivity index (χ1n) is 6.79. The van der Waals surface area contributed by atoms with Crippen molar-refractivity contribution in [3.63, 3.8) is 0 Å². The molecule has 0 bridgehead atoms. The van der Waals surface area contributed by atoms with Gasteiger partial charge in [0.15, 0.2) is 5.58 Å². The number of nitrogens with one attached hydrogen (secondary N) is 2. The minimum atomic E-state index is -0.387. The Morgan fingerprint density at radius 1 is 1.37 bits per heavy atom. The van der Waals surface area contributed by atoms with E-state index in [4.69, 9.17) is 4.42 Å². The largest absolute Gasteiger partial charge is 0.417 e. The molecular formula is C14H19N3O2. The van der Waals surface area contributed by atoms with Crippen molar-refractivity contribution in [1.82, 2.24) is 15.2 Å². The molecule has 0 aliphatic carbocycles. The molecule has 2 heterocycles. The molecule has 1 atom stereocenters. The monoisotopic (exact) mass is 261 g/mol. The van der Waals surface area contributed by atoms with Crippen LogP contribution in [-0.4, -0.2) is 42.1 Å². The van der Waals surface area contributed by atoms with Crippen LogP contribution in [0.3, 0.4) is 0 Å². The van der Waals surface area contributed by atoms with Crippen molar-refractivity contribution in [2.45, 2.75) is 19.4 Å². The van der Waals surface area contributed by atoms with E-state index in [1.807, 2.05) is 12.1 Å². The lowest BCUT2D eigenvalue weighted by atomic mass is 10.0. The number of benzene rings is 1. The Morgan fingerprint density at radius 3 is 2.95 bits per heavy atom. The van der Waals surface area contributed by atoms with Crippen molar-refractivity contribution in [2.24, 2.45) is 0 Å². The van der Waals surface area contributed by atoms with Gasteiger partial charge in [0, 0.05) is 32.2 Å². The third kappa shape index (κ3) is 2.72. The molecule has 1 saturated heterocycles. The summed E-state index contributed by atoms with van der Waals surface area (Å²) in [4.78, 5) is 16.3. The van der Waals surface area contributed by atoms with Gasteiger partial charge in [0.05, 0.1) is 5.52 Å². The van der Waals surface area contributed by atoms with Gasteiger partial charge in [-0.1, -0.05) is 6.07 Å². The molecule has 1 aromatic carbocycles. The average Bonchev–Trinajstić information content (AvgIpc) is 2.79. The van der Waals surface area contributed by atoms with Gasteiger partial charge in [-0.05, 0) is 31.0 Å². The van der Waals surface area contributed by atoms with E-state index in [9.17, 15) is 4.79 Å². The Hall–Kier alpha value is -1.59. The highest BCUT2D eigenvalue weighted by Gasteiger charge is 2.16. The minimum Gasteiger partial charge on any atom is -0.408 e. The number of oxazole rings is 1. The number of nitrogens with zero attached hydrogens (tertiary/aromatic N) is 1. The normalized spacial score (nSPS) is 18.8. The second-order valence-electron chi connectivity index (χ2n) is 5.18. The van der Waals surface area contributed by atoms with Gasteiger partial charge >= 0.3 is 5.76 Å². The Kier molecular flexibility index (Phi) is 3.40. The SMILES string of the molecule is CC(Cc1ccc2[nH]c(=O)oc2c1)N1CCNCC1. The maximum atomic E-state index is 11.1. The van der Waals surface area contributed by atoms with Gasteiger partial charge in [-0.2, -0.15) is 0 Å². The Balaban J connectivity index is 1.74. The fraction of sp³-hybridized carbons (Fsp3) is 0.500. The van der Waals surface area contributed by atoms with E-state index in [0.29, 0.717) is 11.6 Å².